The monoisotopic (exact) mass is 161 g/mol. The van der Waals surface area contributed by atoms with Crippen LogP contribution in [0.5, 0.6) is 0 Å². The van der Waals surface area contributed by atoms with Crippen LogP contribution < -0.4 is 11.0 Å². The van der Waals surface area contributed by atoms with Gasteiger partial charge < -0.3 is 11.0 Å². The molecule has 0 aromatic heterocycles. The van der Waals surface area contributed by atoms with E-state index in [2.05, 4.69) is 5.23 Å². The summed E-state index contributed by atoms with van der Waals surface area (Å²) in [5.74, 6) is -0.113. The van der Waals surface area contributed by atoms with Crippen molar-refractivity contribution < 1.29 is 4.79 Å². The molecule has 0 spiro atoms. The Bertz CT molecular complexity index is 271. The highest BCUT2D eigenvalue weighted by Crippen LogP contribution is 2.04. The summed E-state index contributed by atoms with van der Waals surface area (Å²) in [5, 5.41) is 2.58. The van der Waals surface area contributed by atoms with E-state index in [1.807, 2.05) is 0 Å². The van der Waals surface area contributed by atoms with Gasteiger partial charge in [-0.05, 0) is 24.3 Å². The number of rotatable bonds is 2. The van der Waals surface area contributed by atoms with Gasteiger partial charge in [0.15, 0.2) is 0 Å². The zero-order chi connectivity index (χ0) is 8.97. The summed E-state index contributed by atoms with van der Waals surface area (Å²) in [7, 11) is 1.60. The van der Waals surface area contributed by atoms with E-state index in [1.54, 1.807) is 38.5 Å². The number of nitrogens with two attached hydrogens (primary N) is 1. The first kappa shape index (κ1) is 8.65. The zero-order valence-electron chi connectivity index (χ0n) is 6.87. The third-order valence-corrected chi connectivity index (χ3v) is 1.45. The number of carbonyl (C=O) groups excluding carboxylic acids is 1. The van der Waals surface area contributed by atoms with Crippen molar-refractivity contribution in [1.82, 2.24) is 5.23 Å². The highest BCUT2D eigenvalue weighted by molar-refractivity contribution is 6.36. The van der Waals surface area contributed by atoms with E-state index in [9.17, 15) is 4.79 Å². The molecule has 3 nitrogen and oxygen atoms in total. The van der Waals surface area contributed by atoms with Crippen molar-refractivity contribution in [2.24, 2.45) is 0 Å². The third kappa shape index (κ3) is 2.02. The van der Waals surface area contributed by atoms with Gasteiger partial charge in [0.2, 0.25) is 13.3 Å². The molecule has 0 atom stereocenters. The maximum Gasteiger partial charge on any atom is 0.243 e. The molecule has 1 aromatic rings. The number of nitrogen functional groups attached to an aromatic ring is 1. The molecule has 1 aromatic carbocycles. The molecule has 0 fully saturated rings. The van der Waals surface area contributed by atoms with Gasteiger partial charge in [-0.1, -0.05) is 6.82 Å². The molecule has 3 N–H and O–H groups in total. The highest BCUT2D eigenvalue weighted by Gasteiger charge is 2.01. The number of carbonyl (C=O) groups is 1. The first-order valence-corrected chi connectivity index (χ1v) is 3.68. The van der Waals surface area contributed by atoms with E-state index in [-0.39, 0.29) is 5.91 Å². The van der Waals surface area contributed by atoms with Crippen LogP contribution in [0.4, 0.5) is 5.69 Å². The van der Waals surface area contributed by atoms with Crippen molar-refractivity contribution >= 4 is 19.0 Å². The highest BCUT2D eigenvalue weighted by atomic mass is 16.1. The molecule has 0 aliphatic carbocycles. The summed E-state index contributed by atoms with van der Waals surface area (Å²) >= 11 is 0. The minimum Gasteiger partial charge on any atom is -0.400 e. The number of nitrogens with one attached hydrogen (secondary N) is 1. The van der Waals surface area contributed by atoms with Gasteiger partial charge in [0.1, 0.15) is 0 Å². The fraction of sp³-hybridized carbons (Fsp3) is 0.125. The second kappa shape index (κ2) is 3.81. The van der Waals surface area contributed by atoms with E-state index in [0.717, 1.165) is 0 Å². The summed E-state index contributed by atoms with van der Waals surface area (Å²) in [4.78, 5) is 11.2. The molecule has 1 amide bonds. The third-order valence-electron chi connectivity index (χ3n) is 1.45. The van der Waals surface area contributed by atoms with Crippen molar-refractivity contribution in [2.75, 3.05) is 5.73 Å². The van der Waals surface area contributed by atoms with Gasteiger partial charge in [0, 0.05) is 11.3 Å². The number of benzene rings is 1. The lowest BCUT2D eigenvalue weighted by Crippen LogP contribution is -2.25. The standard InChI is InChI=1S/C8H10BN2O/c1-9-11-8(12)6-2-4-7(10)5-3-6/h2-5H,10H2,1H3,(H,11,12). The molecule has 1 rings (SSSR count). The van der Waals surface area contributed by atoms with Crippen LogP contribution in [-0.2, 0) is 0 Å². The molecular formula is C8H10BN2O. The lowest BCUT2D eigenvalue weighted by molar-refractivity contribution is 0.0980. The summed E-state index contributed by atoms with van der Waals surface area (Å²) < 4.78 is 0. The Kier molecular flexibility index (Phi) is 2.74. The van der Waals surface area contributed by atoms with Crippen molar-refractivity contribution in [2.45, 2.75) is 6.82 Å². The van der Waals surface area contributed by atoms with E-state index in [0.29, 0.717) is 11.3 Å². The van der Waals surface area contributed by atoms with Crippen LogP contribution in [0, 0.1) is 0 Å². The van der Waals surface area contributed by atoms with Crippen molar-refractivity contribution in [1.29, 1.82) is 0 Å². The molecule has 0 saturated carbocycles. The number of hydrogen-bond donors (Lipinski definition) is 2. The Balaban J connectivity index is 2.75. The predicted molar refractivity (Wildman–Crippen MR) is 49.9 cm³/mol. The lowest BCUT2D eigenvalue weighted by Gasteiger charge is -2.00. The minimum atomic E-state index is -0.113. The molecule has 61 valence electrons. The largest absolute Gasteiger partial charge is 0.400 e. The molecule has 0 aliphatic rings. The summed E-state index contributed by atoms with van der Waals surface area (Å²) in [5.41, 5.74) is 6.73. The van der Waals surface area contributed by atoms with Gasteiger partial charge in [0.25, 0.3) is 0 Å². The zero-order valence-corrected chi connectivity index (χ0v) is 6.87. The Morgan fingerprint density at radius 2 is 2.00 bits per heavy atom. The normalized spacial score (nSPS) is 9.08. The molecule has 0 bridgehead atoms. The van der Waals surface area contributed by atoms with Gasteiger partial charge >= 0.3 is 0 Å². The Hall–Kier alpha value is -1.45. The lowest BCUT2D eigenvalue weighted by atomic mass is 9.99. The van der Waals surface area contributed by atoms with Crippen molar-refractivity contribution in [3.63, 3.8) is 0 Å². The molecule has 0 heterocycles. The van der Waals surface area contributed by atoms with Crippen LogP contribution in [0.2, 0.25) is 6.82 Å². The summed E-state index contributed by atoms with van der Waals surface area (Å²) in [6, 6.07) is 6.78. The molecular weight excluding hydrogens is 151 g/mol. The van der Waals surface area contributed by atoms with E-state index in [1.165, 1.54) is 0 Å². The average molecular weight is 161 g/mol. The van der Waals surface area contributed by atoms with Gasteiger partial charge in [-0.15, -0.1) is 0 Å². The van der Waals surface area contributed by atoms with Crippen LogP contribution in [0.15, 0.2) is 24.3 Å². The van der Waals surface area contributed by atoms with Gasteiger partial charge in [-0.3, -0.25) is 4.79 Å². The molecule has 4 heteroatoms. The summed E-state index contributed by atoms with van der Waals surface area (Å²) in [6.45, 7) is 1.76. The maximum atomic E-state index is 11.2. The molecule has 0 saturated heterocycles. The predicted octanol–water partition coefficient (Wildman–Crippen LogP) is 0.666. The second-order valence-corrected chi connectivity index (χ2v) is 2.38. The maximum absolute atomic E-state index is 11.2. The van der Waals surface area contributed by atoms with Crippen molar-refractivity contribution in [3.8, 4) is 0 Å². The number of hydrogen-bond acceptors (Lipinski definition) is 2. The Labute approximate surface area is 72.2 Å². The first-order valence-electron chi connectivity index (χ1n) is 3.68. The Morgan fingerprint density at radius 1 is 1.42 bits per heavy atom. The molecule has 12 heavy (non-hydrogen) atoms. The molecule has 0 aliphatic heterocycles. The average Bonchev–Trinajstić information content (AvgIpc) is 2.06. The fourth-order valence-electron chi connectivity index (χ4n) is 0.849. The Morgan fingerprint density at radius 3 is 2.50 bits per heavy atom. The number of amides is 1. The van der Waals surface area contributed by atoms with Gasteiger partial charge in [-0.2, -0.15) is 0 Å². The SMILES string of the molecule is C[B]NC(=O)c1ccc(N)cc1. The van der Waals surface area contributed by atoms with Crippen LogP contribution in [0.1, 0.15) is 10.4 Å². The topological polar surface area (TPSA) is 55.1 Å². The van der Waals surface area contributed by atoms with Crippen LogP contribution in [0.3, 0.4) is 0 Å². The smallest absolute Gasteiger partial charge is 0.243 e. The van der Waals surface area contributed by atoms with Gasteiger partial charge in [0.05, 0.1) is 0 Å². The van der Waals surface area contributed by atoms with Crippen LogP contribution >= 0.6 is 0 Å². The van der Waals surface area contributed by atoms with Crippen molar-refractivity contribution in [3.05, 3.63) is 29.8 Å². The molecule has 1 radical (unpaired) electrons. The van der Waals surface area contributed by atoms with E-state index in [4.69, 9.17) is 5.73 Å². The van der Waals surface area contributed by atoms with Gasteiger partial charge in [-0.25, -0.2) is 0 Å². The number of anilines is 1. The van der Waals surface area contributed by atoms with E-state index >= 15 is 0 Å². The van der Waals surface area contributed by atoms with Crippen LogP contribution in [-0.4, -0.2) is 13.3 Å². The first-order chi connectivity index (χ1) is 5.74. The molecule has 0 unspecified atom stereocenters. The quantitative estimate of drug-likeness (QED) is 0.494. The minimum absolute atomic E-state index is 0.113. The van der Waals surface area contributed by atoms with E-state index < -0.39 is 0 Å². The fourth-order valence-corrected chi connectivity index (χ4v) is 0.849. The second-order valence-electron chi connectivity index (χ2n) is 2.38. The van der Waals surface area contributed by atoms with Crippen LogP contribution in [0.25, 0.3) is 0 Å². The summed E-state index contributed by atoms with van der Waals surface area (Å²) in [6.07, 6.45) is 0.